The largest absolute Gasteiger partial charge is 0.354 e. The van der Waals surface area contributed by atoms with Gasteiger partial charge in [-0.3, -0.25) is 0 Å². The molecule has 0 saturated heterocycles. The van der Waals surface area contributed by atoms with E-state index in [9.17, 15) is 0 Å². The van der Waals surface area contributed by atoms with Gasteiger partial charge in [0.05, 0.1) is 6.54 Å². The van der Waals surface area contributed by atoms with Gasteiger partial charge in [-0.15, -0.1) is 17.0 Å². The third-order valence-electron chi connectivity index (χ3n) is 0.204. The van der Waals surface area contributed by atoms with E-state index in [4.69, 9.17) is 0 Å². The number of quaternary nitrogens is 1. The predicted molar refractivity (Wildman–Crippen MR) is 28.3 cm³/mol. The van der Waals surface area contributed by atoms with Crippen LogP contribution in [0.4, 0.5) is 0 Å². The van der Waals surface area contributed by atoms with Crippen LogP contribution in [0.2, 0.25) is 0 Å². The molecule has 0 bridgehead atoms. The molecule has 0 aliphatic heterocycles. The van der Waals surface area contributed by atoms with Gasteiger partial charge < -0.3 is 5.73 Å². The van der Waals surface area contributed by atoms with Gasteiger partial charge in [0.2, 0.25) is 0 Å². The average Bonchev–Trinajstić information content (AvgIpc) is 1.37. The second-order valence-corrected chi connectivity index (χ2v) is 0.577. The summed E-state index contributed by atoms with van der Waals surface area (Å²) in [7, 11) is 0. The Morgan fingerprint density at radius 1 is 1.80 bits per heavy atom. The summed E-state index contributed by atoms with van der Waals surface area (Å²) < 4.78 is 0. The van der Waals surface area contributed by atoms with Crippen LogP contribution in [0.25, 0.3) is 0 Å². The van der Waals surface area contributed by atoms with Crippen LogP contribution >= 0.6 is 17.0 Å². The van der Waals surface area contributed by atoms with Crippen LogP contribution < -0.4 is 5.73 Å². The normalized spacial score (nSPS) is 5.00. The summed E-state index contributed by atoms with van der Waals surface area (Å²) in [5, 5.41) is 0. The van der Waals surface area contributed by atoms with Crippen LogP contribution in [-0.4, -0.2) is 6.54 Å². The monoisotopic (exact) mass is 138 g/mol. The number of hydrogen-bond donors (Lipinski definition) is 1. The van der Waals surface area contributed by atoms with Gasteiger partial charge in [0.25, 0.3) is 0 Å². The lowest BCUT2D eigenvalue weighted by atomic mass is 10.7. The molecule has 0 aliphatic rings. The van der Waals surface area contributed by atoms with E-state index in [0.29, 0.717) is 0 Å². The summed E-state index contributed by atoms with van der Waals surface area (Å²) in [6.07, 6.45) is 1.76. The van der Waals surface area contributed by atoms with E-state index in [2.05, 4.69) is 12.3 Å². The molecular weight excluding hydrogens is 130 g/mol. The van der Waals surface area contributed by atoms with E-state index >= 15 is 0 Å². The molecule has 0 aliphatic carbocycles. The van der Waals surface area contributed by atoms with Crippen LogP contribution in [0.3, 0.4) is 0 Å². The number of hydrogen-bond acceptors (Lipinski definition) is 0. The third kappa shape index (κ3) is 14.3. The van der Waals surface area contributed by atoms with Crippen molar-refractivity contribution in [2.24, 2.45) is 0 Å². The van der Waals surface area contributed by atoms with E-state index in [1.54, 1.807) is 6.08 Å². The molecule has 0 fully saturated rings. The molecule has 3 N–H and O–H groups in total. The Balaban J connectivity index is 0. The fourth-order valence-electron chi connectivity index (χ4n) is 0. The molecule has 0 atom stereocenters. The molecule has 0 radical (unpaired) electrons. The molecule has 0 unspecified atom stereocenters. The van der Waals surface area contributed by atoms with Crippen LogP contribution in [0.15, 0.2) is 12.7 Å². The first-order valence-electron chi connectivity index (χ1n) is 1.32. The molecule has 0 amide bonds. The van der Waals surface area contributed by atoms with Gasteiger partial charge in [0.15, 0.2) is 0 Å². The zero-order chi connectivity index (χ0) is 3.41. The Hall–Kier alpha value is 0.180. The van der Waals surface area contributed by atoms with Crippen molar-refractivity contribution in [2.45, 2.75) is 0 Å². The van der Waals surface area contributed by atoms with Gasteiger partial charge in [0.1, 0.15) is 0 Å². The van der Waals surface area contributed by atoms with Crippen molar-refractivity contribution in [2.75, 3.05) is 6.54 Å². The Bertz CT molecular complexity index is 20.9. The molecule has 0 saturated carbocycles. The van der Waals surface area contributed by atoms with Crippen molar-refractivity contribution in [1.82, 2.24) is 0 Å². The standard InChI is InChI=1S/C3H7N.BrH/c1-2-3-4;/h2H,1,3-4H2;1H/p+1. The zero-order valence-electron chi connectivity index (χ0n) is 3.11. The van der Waals surface area contributed by atoms with E-state index in [1.165, 1.54) is 0 Å². The first-order valence-corrected chi connectivity index (χ1v) is 1.32. The van der Waals surface area contributed by atoms with Crippen molar-refractivity contribution < 1.29 is 5.73 Å². The summed E-state index contributed by atoms with van der Waals surface area (Å²) in [6.45, 7) is 4.25. The van der Waals surface area contributed by atoms with Crippen LogP contribution in [0.1, 0.15) is 0 Å². The maximum absolute atomic E-state index is 3.49. The minimum atomic E-state index is 0. The Morgan fingerprint density at radius 3 is 2.00 bits per heavy atom. The molecule has 0 aromatic rings. The molecule has 0 rings (SSSR count). The first-order chi connectivity index (χ1) is 1.91. The highest BCUT2D eigenvalue weighted by molar-refractivity contribution is 8.93. The van der Waals surface area contributed by atoms with Crippen molar-refractivity contribution in [3.05, 3.63) is 12.7 Å². The van der Waals surface area contributed by atoms with E-state index in [0.717, 1.165) is 6.54 Å². The topological polar surface area (TPSA) is 27.6 Å². The van der Waals surface area contributed by atoms with Crippen molar-refractivity contribution in [3.63, 3.8) is 0 Å². The number of rotatable bonds is 1. The molecule has 0 heterocycles. The van der Waals surface area contributed by atoms with E-state index in [1.807, 2.05) is 0 Å². The second kappa shape index (κ2) is 8.89. The maximum atomic E-state index is 3.49. The SMILES string of the molecule is Br.C=CC[NH3+]. The fraction of sp³-hybridized carbons (Fsp3) is 0.333. The lowest BCUT2D eigenvalue weighted by molar-refractivity contribution is -0.352. The van der Waals surface area contributed by atoms with Gasteiger partial charge in [-0.2, -0.15) is 0 Å². The molecule has 1 nitrogen and oxygen atoms in total. The van der Waals surface area contributed by atoms with Crippen LogP contribution in [0.5, 0.6) is 0 Å². The second-order valence-electron chi connectivity index (χ2n) is 0.577. The summed E-state index contributed by atoms with van der Waals surface area (Å²) >= 11 is 0. The summed E-state index contributed by atoms with van der Waals surface area (Å²) in [5.74, 6) is 0. The minimum absolute atomic E-state index is 0. The lowest BCUT2D eigenvalue weighted by Gasteiger charge is -1.57. The summed E-state index contributed by atoms with van der Waals surface area (Å²) in [5.41, 5.74) is 3.49. The quantitative estimate of drug-likeness (QED) is 0.495. The highest BCUT2D eigenvalue weighted by atomic mass is 79.9. The van der Waals surface area contributed by atoms with E-state index in [-0.39, 0.29) is 17.0 Å². The zero-order valence-corrected chi connectivity index (χ0v) is 4.82. The smallest absolute Gasteiger partial charge is 0.0924 e. The first kappa shape index (κ1) is 8.95. The van der Waals surface area contributed by atoms with Gasteiger partial charge in [-0.1, -0.05) is 6.58 Å². The van der Waals surface area contributed by atoms with Gasteiger partial charge >= 0.3 is 0 Å². The van der Waals surface area contributed by atoms with Crippen LogP contribution in [-0.2, 0) is 0 Å². The van der Waals surface area contributed by atoms with Gasteiger partial charge in [-0.05, 0) is 6.08 Å². The summed E-state index contributed by atoms with van der Waals surface area (Å²) in [4.78, 5) is 0. The van der Waals surface area contributed by atoms with Gasteiger partial charge in [-0.25, -0.2) is 0 Å². The molecule has 5 heavy (non-hydrogen) atoms. The van der Waals surface area contributed by atoms with Gasteiger partial charge in [0, 0.05) is 0 Å². The minimum Gasteiger partial charge on any atom is -0.354 e. The van der Waals surface area contributed by atoms with Crippen LogP contribution in [0, 0.1) is 0 Å². The predicted octanol–water partition coefficient (Wildman–Crippen LogP) is -0.00780. The lowest BCUT2D eigenvalue weighted by Crippen LogP contribution is -2.48. The molecule has 0 aromatic carbocycles. The Morgan fingerprint density at radius 2 is 2.00 bits per heavy atom. The molecule has 32 valence electrons. The van der Waals surface area contributed by atoms with E-state index < -0.39 is 0 Å². The van der Waals surface area contributed by atoms with Crippen molar-refractivity contribution in [3.8, 4) is 0 Å². The molecule has 0 spiro atoms. The fourth-order valence-corrected chi connectivity index (χ4v) is 0. The third-order valence-corrected chi connectivity index (χ3v) is 0.204. The molecular formula is C3H9BrN+. The molecule has 2 heteroatoms. The highest BCUT2D eigenvalue weighted by Crippen LogP contribution is 1.36. The highest BCUT2D eigenvalue weighted by Gasteiger charge is 1.48. The Labute approximate surface area is 42.6 Å². The number of halogens is 1. The Kier molecular flexibility index (Phi) is 15.9. The van der Waals surface area contributed by atoms with Crippen molar-refractivity contribution >= 4 is 17.0 Å². The van der Waals surface area contributed by atoms with Crippen molar-refractivity contribution in [1.29, 1.82) is 0 Å². The maximum Gasteiger partial charge on any atom is 0.0924 e. The average molecular weight is 139 g/mol. The summed E-state index contributed by atoms with van der Waals surface area (Å²) in [6, 6.07) is 0. The molecule has 0 aromatic heterocycles.